The quantitative estimate of drug-likeness (QED) is 0.819. The van der Waals surface area contributed by atoms with Gasteiger partial charge >= 0.3 is 6.36 Å². The highest BCUT2D eigenvalue weighted by molar-refractivity contribution is 7.92. The maximum Gasteiger partial charge on any atom is 0.573 e. The third kappa shape index (κ3) is 5.38. The molecule has 1 amide bonds. The summed E-state index contributed by atoms with van der Waals surface area (Å²) in [4.78, 5) is 10.8. The van der Waals surface area contributed by atoms with E-state index in [2.05, 4.69) is 14.8 Å². The second-order valence-electron chi connectivity index (χ2n) is 5.34. The normalized spacial score (nSPS) is 11.7. The van der Waals surface area contributed by atoms with E-state index in [1.165, 1.54) is 25.1 Å². The van der Waals surface area contributed by atoms with Crippen molar-refractivity contribution < 1.29 is 31.1 Å². The fraction of sp³-hybridized carbons (Fsp3) is 0.188. The highest BCUT2D eigenvalue weighted by Gasteiger charge is 2.31. The molecule has 2 rings (SSSR count). The number of carbonyl (C=O) groups is 1. The first kappa shape index (κ1) is 19.6. The van der Waals surface area contributed by atoms with Crippen molar-refractivity contribution >= 4 is 27.3 Å². The Morgan fingerprint density at radius 1 is 1.08 bits per heavy atom. The van der Waals surface area contributed by atoms with Crippen molar-refractivity contribution in [2.24, 2.45) is 0 Å². The number of carbonyl (C=O) groups excluding carboxylic acids is 1. The summed E-state index contributed by atoms with van der Waals surface area (Å²) < 4.78 is 67.1. The van der Waals surface area contributed by atoms with E-state index in [1.54, 1.807) is 6.92 Å². The molecule has 0 unspecified atom stereocenters. The van der Waals surface area contributed by atoms with Gasteiger partial charge in [0.25, 0.3) is 10.0 Å². The van der Waals surface area contributed by atoms with Gasteiger partial charge in [0, 0.05) is 18.3 Å². The average Bonchev–Trinajstić information content (AvgIpc) is 2.48. The minimum absolute atomic E-state index is 0.226. The molecule has 0 fully saturated rings. The summed E-state index contributed by atoms with van der Waals surface area (Å²) in [6, 6.07) is 8.33. The molecule has 0 bridgehead atoms. The monoisotopic (exact) mass is 388 g/mol. The van der Waals surface area contributed by atoms with Crippen LogP contribution in [-0.4, -0.2) is 20.7 Å². The van der Waals surface area contributed by atoms with Gasteiger partial charge in [-0.25, -0.2) is 8.42 Å². The third-order valence-electron chi connectivity index (χ3n) is 3.16. The smallest absolute Gasteiger partial charge is 0.406 e. The predicted octanol–water partition coefficient (Wildman–Crippen LogP) is 3.65. The van der Waals surface area contributed by atoms with Gasteiger partial charge in [-0.3, -0.25) is 9.52 Å². The van der Waals surface area contributed by atoms with Crippen LogP contribution in [0.4, 0.5) is 24.5 Å². The molecule has 2 aromatic carbocycles. The first-order valence-corrected chi connectivity index (χ1v) is 8.71. The van der Waals surface area contributed by atoms with E-state index in [4.69, 9.17) is 0 Å². The summed E-state index contributed by atoms with van der Waals surface area (Å²) in [5, 5.41) is 2.60. The van der Waals surface area contributed by atoms with Gasteiger partial charge in [-0.1, -0.05) is 0 Å². The molecule has 10 heteroatoms. The zero-order valence-electron chi connectivity index (χ0n) is 13.7. The van der Waals surface area contributed by atoms with Gasteiger partial charge in [-0.2, -0.15) is 0 Å². The van der Waals surface area contributed by atoms with E-state index in [9.17, 15) is 26.4 Å². The van der Waals surface area contributed by atoms with Crippen molar-refractivity contribution in [2.45, 2.75) is 25.1 Å². The van der Waals surface area contributed by atoms with Gasteiger partial charge in [-0.05, 0) is 55.0 Å². The number of aryl methyl sites for hydroxylation is 1. The van der Waals surface area contributed by atoms with Gasteiger partial charge in [0.15, 0.2) is 0 Å². The number of ether oxygens (including phenoxy) is 1. The van der Waals surface area contributed by atoms with Crippen LogP contribution in [0.15, 0.2) is 47.4 Å². The largest absolute Gasteiger partial charge is 0.573 e. The van der Waals surface area contributed by atoms with Crippen molar-refractivity contribution in [2.75, 3.05) is 10.0 Å². The maximum atomic E-state index is 12.3. The first-order chi connectivity index (χ1) is 12.0. The lowest BCUT2D eigenvalue weighted by Crippen LogP contribution is -2.17. The molecular formula is C16H15F3N2O4S. The van der Waals surface area contributed by atoms with Crippen LogP contribution in [0.1, 0.15) is 12.5 Å². The number of sulfonamides is 1. The summed E-state index contributed by atoms with van der Waals surface area (Å²) in [6.45, 7) is 3.04. The van der Waals surface area contributed by atoms with Crippen LogP contribution in [-0.2, 0) is 14.8 Å². The second kappa shape index (κ2) is 7.24. The molecule has 0 radical (unpaired) electrons. The molecule has 2 aromatic rings. The van der Waals surface area contributed by atoms with Gasteiger partial charge in [0.05, 0.1) is 4.90 Å². The van der Waals surface area contributed by atoms with Crippen LogP contribution in [0.2, 0.25) is 0 Å². The van der Waals surface area contributed by atoms with E-state index in [0.717, 1.165) is 24.3 Å². The number of amides is 1. The van der Waals surface area contributed by atoms with Gasteiger partial charge < -0.3 is 10.1 Å². The molecule has 0 aliphatic rings. The summed E-state index contributed by atoms with van der Waals surface area (Å²) in [5.41, 5.74) is 1.41. The summed E-state index contributed by atoms with van der Waals surface area (Å²) in [5.74, 6) is -0.783. The molecule has 0 spiro atoms. The van der Waals surface area contributed by atoms with E-state index in [1.807, 2.05) is 0 Å². The van der Waals surface area contributed by atoms with E-state index >= 15 is 0 Å². The fourth-order valence-corrected chi connectivity index (χ4v) is 3.14. The molecular weight excluding hydrogens is 373 g/mol. The van der Waals surface area contributed by atoms with Crippen LogP contribution < -0.4 is 14.8 Å². The summed E-state index contributed by atoms with van der Waals surface area (Å²) >= 11 is 0. The summed E-state index contributed by atoms with van der Waals surface area (Å²) in [6.07, 6.45) is -4.86. The molecule has 6 nitrogen and oxygen atoms in total. The SMILES string of the molecule is CC(=O)Nc1ccc(NS(=O)(=O)c2ccc(OC(F)(F)F)cc2)cc1C. The number of anilines is 2. The Labute approximate surface area is 148 Å². The molecule has 0 aliphatic heterocycles. The Bertz CT molecular complexity index is 910. The molecule has 0 aliphatic carbocycles. The molecule has 26 heavy (non-hydrogen) atoms. The Hall–Kier alpha value is -2.75. The molecule has 0 saturated carbocycles. The van der Waals surface area contributed by atoms with Gasteiger partial charge in [0.2, 0.25) is 5.91 Å². The number of nitrogens with one attached hydrogen (secondary N) is 2. The lowest BCUT2D eigenvalue weighted by Gasteiger charge is -2.12. The number of hydrogen-bond donors (Lipinski definition) is 2. The Morgan fingerprint density at radius 2 is 1.69 bits per heavy atom. The minimum atomic E-state index is -4.86. The lowest BCUT2D eigenvalue weighted by molar-refractivity contribution is -0.274. The van der Waals surface area contributed by atoms with Crippen molar-refractivity contribution in [1.82, 2.24) is 0 Å². The predicted molar refractivity (Wildman–Crippen MR) is 89.4 cm³/mol. The number of hydrogen-bond acceptors (Lipinski definition) is 4. The van der Waals surface area contributed by atoms with Gasteiger partial charge in [-0.15, -0.1) is 13.2 Å². The van der Waals surface area contributed by atoms with E-state index in [-0.39, 0.29) is 16.5 Å². The molecule has 0 atom stereocenters. The van der Waals surface area contributed by atoms with E-state index < -0.39 is 22.1 Å². The average molecular weight is 388 g/mol. The molecule has 0 saturated heterocycles. The molecule has 0 aromatic heterocycles. The highest BCUT2D eigenvalue weighted by atomic mass is 32.2. The fourth-order valence-electron chi connectivity index (χ4n) is 2.09. The highest BCUT2D eigenvalue weighted by Crippen LogP contribution is 2.26. The van der Waals surface area contributed by atoms with Gasteiger partial charge in [0.1, 0.15) is 5.75 Å². The van der Waals surface area contributed by atoms with Crippen molar-refractivity contribution in [3.63, 3.8) is 0 Å². The standard InChI is InChI=1S/C16H15F3N2O4S/c1-10-9-12(3-8-15(10)20-11(2)22)21-26(23,24)14-6-4-13(5-7-14)25-16(17,18)19/h3-9,21H,1-2H3,(H,20,22). The zero-order chi connectivity index (χ0) is 19.5. The van der Waals surface area contributed by atoms with Crippen LogP contribution >= 0.6 is 0 Å². The summed E-state index contributed by atoms with van der Waals surface area (Å²) in [7, 11) is -4.00. The zero-order valence-corrected chi connectivity index (χ0v) is 14.5. The van der Waals surface area contributed by atoms with Crippen LogP contribution in [0.5, 0.6) is 5.75 Å². The van der Waals surface area contributed by atoms with E-state index in [0.29, 0.717) is 11.3 Å². The Kier molecular flexibility index (Phi) is 5.45. The Balaban J connectivity index is 2.18. The topological polar surface area (TPSA) is 84.5 Å². The number of rotatable bonds is 5. The lowest BCUT2D eigenvalue weighted by atomic mass is 10.2. The maximum absolute atomic E-state index is 12.3. The number of alkyl halides is 3. The first-order valence-electron chi connectivity index (χ1n) is 7.23. The van der Waals surface area contributed by atoms with Crippen LogP contribution in [0.3, 0.4) is 0 Å². The van der Waals surface area contributed by atoms with Crippen molar-refractivity contribution in [3.05, 3.63) is 48.0 Å². The van der Waals surface area contributed by atoms with Crippen LogP contribution in [0, 0.1) is 6.92 Å². The van der Waals surface area contributed by atoms with Crippen molar-refractivity contribution in [3.8, 4) is 5.75 Å². The van der Waals surface area contributed by atoms with Crippen molar-refractivity contribution in [1.29, 1.82) is 0 Å². The van der Waals surface area contributed by atoms with Crippen LogP contribution in [0.25, 0.3) is 0 Å². The number of halogens is 3. The third-order valence-corrected chi connectivity index (χ3v) is 4.55. The molecule has 140 valence electrons. The minimum Gasteiger partial charge on any atom is -0.406 e. The molecule has 2 N–H and O–H groups in total. The molecule has 0 heterocycles. The second-order valence-corrected chi connectivity index (χ2v) is 7.02. The Morgan fingerprint density at radius 3 is 2.19 bits per heavy atom. The number of benzene rings is 2.